The molecule has 3 aromatic rings. The molecule has 7 heteroatoms. The third kappa shape index (κ3) is 5.01. The van der Waals surface area contributed by atoms with Gasteiger partial charge in [0, 0.05) is 23.9 Å². The molecule has 1 heterocycles. The number of carbonyl (C=O) groups is 2. The van der Waals surface area contributed by atoms with Gasteiger partial charge in [0.1, 0.15) is 5.69 Å². The first-order valence-electron chi connectivity index (χ1n) is 9.06. The first-order valence-corrected chi connectivity index (χ1v) is 10.2. The topological polar surface area (TPSA) is 76.0 Å². The van der Waals surface area contributed by atoms with E-state index in [4.69, 9.17) is 0 Å². The Morgan fingerprint density at radius 2 is 1.68 bits per heavy atom. The van der Waals surface area contributed by atoms with Gasteiger partial charge in [-0.2, -0.15) is 16.9 Å². The number of hydrogen-bond donors (Lipinski definition) is 2. The Labute approximate surface area is 168 Å². The summed E-state index contributed by atoms with van der Waals surface area (Å²) >= 11 is 1.68. The number of aromatic nitrogens is 2. The fraction of sp³-hybridized carbons (Fsp3) is 0.190. The third-order valence-corrected chi connectivity index (χ3v) is 4.92. The highest BCUT2D eigenvalue weighted by Crippen LogP contribution is 2.23. The van der Waals surface area contributed by atoms with Gasteiger partial charge in [-0.15, -0.1) is 0 Å². The van der Waals surface area contributed by atoms with Crippen molar-refractivity contribution < 1.29 is 9.59 Å². The molecule has 0 saturated carbocycles. The second-order valence-electron chi connectivity index (χ2n) is 5.99. The monoisotopic (exact) mass is 394 g/mol. The molecule has 1 aromatic heterocycles. The first-order chi connectivity index (χ1) is 13.7. The molecule has 0 aliphatic rings. The summed E-state index contributed by atoms with van der Waals surface area (Å²) in [6.07, 6.45) is 2.03. The maximum Gasteiger partial charge on any atom is 0.273 e. The molecule has 0 fully saturated rings. The lowest BCUT2D eigenvalue weighted by molar-refractivity contribution is -0.121. The number of para-hydroxylation sites is 1. The number of hydrogen-bond acceptors (Lipinski definition) is 4. The van der Waals surface area contributed by atoms with Gasteiger partial charge in [-0.25, -0.2) is 4.68 Å². The minimum absolute atomic E-state index is 0.217. The number of rotatable bonds is 7. The Hall–Kier alpha value is -3.06. The first kappa shape index (κ1) is 19.7. The highest BCUT2D eigenvalue weighted by molar-refractivity contribution is 7.99. The zero-order valence-corrected chi connectivity index (χ0v) is 16.4. The van der Waals surface area contributed by atoms with Crippen molar-refractivity contribution in [1.29, 1.82) is 0 Å². The van der Waals surface area contributed by atoms with Crippen LogP contribution >= 0.6 is 11.8 Å². The lowest BCUT2D eigenvalue weighted by atomic mass is 10.1. The highest BCUT2D eigenvalue weighted by Gasteiger charge is 2.19. The van der Waals surface area contributed by atoms with Crippen LogP contribution in [0.25, 0.3) is 16.9 Å². The van der Waals surface area contributed by atoms with Crippen molar-refractivity contribution in [1.82, 2.24) is 20.6 Å². The second-order valence-corrected chi connectivity index (χ2v) is 7.38. The maximum atomic E-state index is 12.7. The maximum absolute atomic E-state index is 12.7. The van der Waals surface area contributed by atoms with Crippen LogP contribution in [-0.4, -0.2) is 33.1 Å². The highest BCUT2D eigenvalue weighted by atomic mass is 32.2. The molecule has 0 aliphatic heterocycles. The molecule has 0 spiro atoms. The van der Waals surface area contributed by atoms with E-state index in [9.17, 15) is 9.59 Å². The van der Waals surface area contributed by atoms with E-state index < -0.39 is 5.91 Å². The van der Waals surface area contributed by atoms with Crippen molar-refractivity contribution in [3.8, 4) is 16.9 Å². The van der Waals surface area contributed by atoms with Crippen molar-refractivity contribution in [2.45, 2.75) is 13.3 Å². The van der Waals surface area contributed by atoms with Crippen molar-refractivity contribution >= 4 is 23.6 Å². The third-order valence-electron chi connectivity index (χ3n) is 4.02. The van der Waals surface area contributed by atoms with Crippen molar-refractivity contribution in [2.75, 3.05) is 11.5 Å². The minimum Gasteiger partial charge on any atom is -0.273 e. The summed E-state index contributed by atoms with van der Waals surface area (Å²) in [6, 6.07) is 19.1. The quantitative estimate of drug-likeness (QED) is 0.475. The molecule has 28 heavy (non-hydrogen) atoms. The van der Waals surface area contributed by atoms with Crippen molar-refractivity contribution in [3.63, 3.8) is 0 Å². The number of nitrogens with one attached hydrogen (secondary N) is 2. The minimum atomic E-state index is -0.405. The van der Waals surface area contributed by atoms with Gasteiger partial charge in [-0.1, -0.05) is 55.5 Å². The molecule has 2 amide bonds. The van der Waals surface area contributed by atoms with Gasteiger partial charge in [0.2, 0.25) is 5.91 Å². The van der Waals surface area contributed by atoms with Gasteiger partial charge in [0.25, 0.3) is 5.91 Å². The number of amides is 2. The second kappa shape index (κ2) is 9.75. The van der Waals surface area contributed by atoms with Crippen LogP contribution in [0.3, 0.4) is 0 Å². The van der Waals surface area contributed by atoms with Gasteiger partial charge in [-0.05, 0) is 17.9 Å². The average molecular weight is 395 g/mol. The standard InChI is InChI=1S/C21H22N4O2S/c1-2-28-14-13-19(26)22-23-21(27)18-15-25(17-11-7-4-8-12-17)24-20(18)16-9-5-3-6-10-16/h3-12,15H,2,13-14H2,1H3,(H,22,26)(H,23,27). The van der Waals surface area contributed by atoms with Crippen LogP contribution in [0, 0.1) is 0 Å². The van der Waals surface area contributed by atoms with E-state index in [1.165, 1.54) is 0 Å². The molecule has 3 rings (SSSR count). The van der Waals surface area contributed by atoms with Gasteiger partial charge < -0.3 is 0 Å². The molecule has 0 unspecified atom stereocenters. The number of nitrogens with zero attached hydrogens (tertiary/aromatic N) is 2. The summed E-state index contributed by atoms with van der Waals surface area (Å²) in [4.78, 5) is 24.6. The summed E-state index contributed by atoms with van der Waals surface area (Å²) in [5.74, 6) is 1.06. The zero-order chi connectivity index (χ0) is 19.8. The van der Waals surface area contributed by atoms with Crippen LogP contribution in [0.4, 0.5) is 0 Å². The lowest BCUT2D eigenvalue weighted by Gasteiger charge is -2.07. The predicted octanol–water partition coefficient (Wildman–Crippen LogP) is 3.44. The lowest BCUT2D eigenvalue weighted by Crippen LogP contribution is -2.41. The summed E-state index contributed by atoms with van der Waals surface area (Å²) in [5, 5.41) is 4.60. The number of carbonyl (C=O) groups excluding carboxylic acids is 2. The summed E-state index contributed by atoms with van der Waals surface area (Å²) in [7, 11) is 0. The summed E-state index contributed by atoms with van der Waals surface area (Å²) < 4.78 is 1.66. The largest absolute Gasteiger partial charge is 0.273 e. The van der Waals surface area contributed by atoms with Crippen molar-refractivity contribution in [2.24, 2.45) is 0 Å². The fourth-order valence-corrected chi connectivity index (χ4v) is 3.25. The van der Waals surface area contributed by atoms with Gasteiger partial charge in [0.15, 0.2) is 0 Å². The van der Waals surface area contributed by atoms with E-state index in [0.717, 1.165) is 22.8 Å². The molecule has 0 aliphatic carbocycles. The Morgan fingerprint density at radius 3 is 2.36 bits per heavy atom. The van der Waals surface area contributed by atoms with Crippen LogP contribution in [0.15, 0.2) is 66.9 Å². The normalized spacial score (nSPS) is 10.5. The molecule has 6 nitrogen and oxygen atoms in total. The summed E-state index contributed by atoms with van der Waals surface area (Å²) in [5.41, 5.74) is 7.59. The average Bonchev–Trinajstić information content (AvgIpc) is 3.19. The molecular formula is C21H22N4O2S. The molecule has 0 radical (unpaired) electrons. The van der Waals surface area contributed by atoms with E-state index >= 15 is 0 Å². The van der Waals surface area contributed by atoms with E-state index in [2.05, 4.69) is 16.0 Å². The van der Waals surface area contributed by atoms with Gasteiger partial charge >= 0.3 is 0 Å². The summed E-state index contributed by atoms with van der Waals surface area (Å²) in [6.45, 7) is 2.04. The van der Waals surface area contributed by atoms with E-state index in [1.807, 2.05) is 67.6 Å². The predicted molar refractivity (Wildman–Crippen MR) is 112 cm³/mol. The molecule has 144 valence electrons. The molecule has 2 N–H and O–H groups in total. The van der Waals surface area contributed by atoms with Gasteiger partial charge in [0.05, 0.1) is 11.3 Å². The number of hydrazine groups is 1. The van der Waals surface area contributed by atoms with Crippen LogP contribution < -0.4 is 10.9 Å². The van der Waals surface area contributed by atoms with E-state index in [0.29, 0.717) is 17.7 Å². The van der Waals surface area contributed by atoms with Crippen molar-refractivity contribution in [3.05, 3.63) is 72.4 Å². The Kier molecular flexibility index (Phi) is 6.86. The van der Waals surface area contributed by atoms with Crippen LogP contribution in [0.1, 0.15) is 23.7 Å². The molecule has 2 aromatic carbocycles. The number of thioether (sulfide) groups is 1. The Bertz CT molecular complexity index is 926. The zero-order valence-electron chi connectivity index (χ0n) is 15.6. The van der Waals surface area contributed by atoms with Crippen LogP contribution in [0.2, 0.25) is 0 Å². The van der Waals surface area contributed by atoms with Crippen LogP contribution in [0.5, 0.6) is 0 Å². The smallest absolute Gasteiger partial charge is 0.273 e. The SMILES string of the molecule is CCSCCC(=O)NNC(=O)c1cn(-c2ccccc2)nc1-c1ccccc1. The molecule has 0 atom stereocenters. The van der Waals surface area contributed by atoms with E-state index in [-0.39, 0.29) is 5.91 Å². The van der Waals surface area contributed by atoms with E-state index in [1.54, 1.807) is 22.6 Å². The molecule has 0 saturated heterocycles. The van der Waals surface area contributed by atoms with Crippen LogP contribution in [-0.2, 0) is 4.79 Å². The molecule has 0 bridgehead atoms. The number of benzene rings is 2. The van der Waals surface area contributed by atoms with Gasteiger partial charge in [-0.3, -0.25) is 20.4 Å². The Morgan fingerprint density at radius 1 is 1.00 bits per heavy atom. The molecular weight excluding hydrogens is 372 g/mol. The Balaban J connectivity index is 1.81. The fourth-order valence-electron chi connectivity index (χ4n) is 2.63.